The number of imidazole rings is 2. The molecule has 3 N–H and O–H groups in total. The van der Waals surface area contributed by atoms with Crippen LogP contribution in [0.15, 0.2) is 55.1 Å². The smallest absolute Gasteiger partial charge is 0.234 e. The lowest BCUT2D eigenvalue weighted by Gasteiger charge is -2.28. The summed E-state index contributed by atoms with van der Waals surface area (Å²) in [6.45, 7) is 6.11. The van der Waals surface area contributed by atoms with E-state index in [1.54, 1.807) is 18.5 Å². The van der Waals surface area contributed by atoms with Crippen LogP contribution < -0.4 is 15.5 Å². The first-order chi connectivity index (χ1) is 20.0. The number of anilines is 3. The molecule has 2 aliphatic heterocycles. The molecule has 2 saturated heterocycles. The second-order valence-corrected chi connectivity index (χ2v) is 10.3. The van der Waals surface area contributed by atoms with Crippen molar-refractivity contribution in [2.75, 3.05) is 68.1 Å². The van der Waals surface area contributed by atoms with Crippen LogP contribution in [0.25, 0.3) is 28.6 Å². The van der Waals surface area contributed by atoms with Crippen molar-refractivity contribution in [3.63, 3.8) is 0 Å². The largest absolute Gasteiger partial charge is 0.378 e. The molecule has 2 fully saturated rings. The molecule has 12 nitrogen and oxygen atoms in total. The van der Waals surface area contributed by atoms with Crippen molar-refractivity contribution >= 4 is 46.6 Å². The van der Waals surface area contributed by atoms with Gasteiger partial charge in [-0.2, -0.15) is 0 Å². The summed E-state index contributed by atoms with van der Waals surface area (Å²) in [6, 6.07) is 9.22. The third-order valence-corrected chi connectivity index (χ3v) is 7.03. The molecular weight excluding hydrogens is 567 g/mol. The van der Waals surface area contributed by atoms with Crippen LogP contribution in [0.3, 0.4) is 0 Å². The number of aromatic nitrogens is 7. The topological polar surface area (TPSA) is 136 Å². The molecule has 0 spiro atoms. The van der Waals surface area contributed by atoms with Crippen LogP contribution >= 0.6 is 23.2 Å². The minimum atomic E-state index is 0.365. The van der Waals surface area contributed by atoms with E-state index in [0.717, 1.165) is 60.6 Å². The fourth-order valence-corrected chi connectivity index (χ4v) is 4.97. The average molecular weight is 595 g/mol. The van der Waals surface area contributed by atoms with E-state index in [1.807, 2.05) is 41.1 Å². The number of nitrogen functional groups attached to an aromatic ring is 1. The molecule has 0 aromatic carbocycles. The lowest BCUT2D eigenvalue weighted by atomic mass is 10.2. The predicted octanol–water partition coefficient (Wildman–Crippen LogP) is 3.83. The van der Waals surface area contributed by atoms with Gasteiger partial charge in [0.05, 0.1) is 49.7 Å². The van der Waals surface area contributed by atoms with E-state index in [4.69, 9.17) is 43.4 Å². The van der Waals surface area contributed by atoms with Gasteiger partial charge in [0.15, 0.2) is 5.95 Å². The Labute approximate surface area is 246 Å². The summed E-state index contributed by atoms with van der Waals surface area (Å²) < 4.78 is 12.6. The van der Waals surface area contributed by atoms with Crippen LogP contribution in [-0.4, -0.2) is 86.9 Å². The highest BCUT2D eigenvalue weighted by Gasteiger charge is 2.17. The van der Waals surface area contributed by atoms with Crippen molar-refractivity contribution in [3.05, 3.63) is 65.2 Å². The summed E-state index contributed by atoms with van der Waals surface area (Å²) in [6.07, 6.45) is 7.18. The van der Waals surface area contributed by atoms with Crippen LogP contribution in [0.1, 0.15) is 0 Å². The average Bonchev–Trinajstić information content (AvgIpc) is 3.64. The second kappa shape index (κ2) is 12.3. The van der Waals surface area contributed by atoms with Gasteiger partial charge in [-0.05, 0) is 30.3 Å². The number of fused-ring (bicyclic) bond motifs is 1. The first-order valence-electron chi connectivity index (χ1n) is 13.1. The molecule has 0 unspecified atom stereocenters. The van der Waals surface area contributed by atoms with E-state index < -0.39 is 0 Å². The Morgan fingerprint density at radius 2 is 1.37 bits per heavy atom. The summed E-state index contributed by atoms with van der Waals surface area (Å²) in [5.41, 5.74) is 8.58. The van der Waals surface area contributed by atoms with E-state index in [-0.39, 0.29) is 0 Å². The monoisotopic (exact) mass is 594 g/mol. The minimum absolute atomic E-state index is 0.365. The van der Waals surface area contributed by atoms with Crippen molar-refractivity contribution in [2.45, 2.75) is 0 Å². The van der Waals surface area contributed by atoms with E-state index >= 15 is 0 Å². The molecule has 5 aromatic rings. The Balaban J connectivity index is 0.000000149. The number of nitrogens with one attached hydrogen (secondary N) is 1. The van der Waals surface area contributed by atoms with Gasteiger partial charge in [-0.3, -0.25) is 4.40 Å². The van der Waals surface area contributed by atoms with Gasteiger partial charge < -0.3 is 30.0 Å². The fourth-order valence-electron chi connectivity index (χ4n) is 4.57. The Hall–Kier alpha value is -3.97. The molecular formula is C27H28Cl2N10O2. The van der Waals surface area contributed by atoms with Gasteiger partial charge in [0.2, 0.25) is 5.78 Å². The SMILES string of the molecule is Clc1cc(-c2cn3cccnc3n2)nc(N2CCOCC2)c1.Nc1ncc(-c2cc(Cl)cc(N3CCOCC3)n2)[nH]1. The number of hydrogen-bond donors (Lipinski definition) is 2. The van der Waals surface area contributed by atoms with Gasteiger partial charge in [0.1, 0.15) is 17.3 Å². The third kappa shape index (κ3) is 6.51. The van der Waals surface area contributed by atoms with E-state index in [9.17, 15) is 0 Å². The normalized spacial score (nSPS) is 15.6. The second-order valence-electron chi connectivity index (χ2n) is 9.39. The number of morpholine rings is 2. The Kier molecular flexibility index (Phi) is 8.14. The molecule has 7 rings (SSSR count). The summed E-state index contributed by atoms with van der Waals surface area (Å²) in [5.74, 6) is 2.71. The maximum Gasteiger partial charge on any atom is 0.234 e. The Bertz CT molecular complexity index is 1600. The number of halogens is 2. The molecule has 41 heavy (non-hydrogen) atoms. The predicted molar refractivity (Wildman–Crippen MR) is 159 cm³/mol. The van der Waals surface area contributed by atoms with E-state index in [0.29, 0.717) is 48.2 Å². The molecule has 7 heterocycles. The van der Waals surface area contributed by atoms with Crippen LogP contribution in [0, 0.1) is 0 Å². The van der Waals surface area contributed by atoms with E-state index in [1.165, 1.54) is 0 Å². The molecule has 0 bridgehead atoms. The number of rotatable bonds is 4. The van der Waals surface area contributed by atoms with Crippen molar-refractivity contribution in [1.82, 2.24) is 34.3 Å². The third-order valence-electron chi connectivity index (χ3n) is 6.59. The number of nitrogens with two attached hydrogens (primary N) is 1. The number of aromatic amines is 1. The number of hydrogen-bond acceptors (Lipinski definition) is 10. The van der Waals surface area contributed by atoms with Crippen LogP contribution in [0.2, 0.25) is 10.0 Å². The highest BCUT2D eigenvalue weighted by Crippen LogP contribution is 2.27. The lowest BCUT2D eigenvalue weighted by Crippen LogP contribution is -2.36. The maximum atomic E-state index is 6.27. The van der Waals surface area contributed by atoms with Gasteiger partial charge in [-0.15, -0.1) is 0 Å². The summed E-state index contributed by atoms with van der Waals surface area (Å²) in [7, 11) is 0. The molecule has 0 amide bonds. The molecule has 212 valence electrons. The number of pyridine rings is 2. The maximum absolute atomic E-state index is 6.27. The standard InChI is InChI=1S/C15H14ClN5O.C12H14ClN5O/c16-11-8-12(13-10-21-3-1-2-17-15(21)19-13)18-14(9-11)20-4-6-22-7-5-20;13-8-5-9(10-7-15-12(14)17-10)16-11(6-8)18-1-3-19-4-2-18/h1-3,8-10H,4-7H2;5-7H,1-4H2,(H3,14,15,17). The number of nitrogens with zero attached hydrogens (tertiary/aromatic N) is 8. The number of H-pyrrole nitrogens is 1. The summed E-state index contributed by atoms with van der Waals surface area (Å²) in [5, 5.41) is 1.29. The van der Waals surface area contributed by atoms with Gasteiger partial charge in [-0.1, -0.05) is 23.2 Å². The van der Waals surface area contributed by atoms with Gasteiger partial charge >= 0.3 is 0 Å². The molecule has 0 atom stereocenters. The van der Waals surface area contributed by atoms with Crippen molar-refractivity contribution in [1.29, 1.82) is 0 Å². The van der Waals surface area contributed by atoms with Crippen molar-refractivity contribution < 1.29 is 9.47 Å². The van der Waals surface area contributed by atoms with Gasteiger partial charge in [0, 0.05) is 54.8 Å². The number of ether oxygens (including phenoxy) is 2. The first-order valence-corrected chi connectivity index (χ1v) is 13.9. The first kappa shape index (κ1) is 27.2. The molecule has 0 aliphatic carbocycles. The molecule has 5 aromatic heterocycles. The minimum Gasteiger partial charge on any atom is -0.378 e. The van der Waals surface area contributed by atoms with Crippen LogP contribution in [-0.2, 0) is 9.47 Å². The highest BCUT2D eigenvalue weighted by atomic mass is 35.5. The lowest BCUT2D eigenvalue weighted by molar-refractivity contribution is 0.122. The van der Waals surface area contributed by atoms with Crippen LogP contribution in [0.4, 0.5) is 17.6 Å². The van der Waals surface area contributed by atoms with Crippen molar-refractivity contribution in [2.24, 2.45) is 0 Å². The summed E-state index contributed by atoms with van der Waals surface area (Å²) >= 11 is 12.4. The molecule has 14 heteroatoms. The van der Waals surface area contributed by atoms with Crippen molar-refractivity contribution in [3.8, 4) is 22.8 Å². The molecule has 0 saturated carbocycles. The molecule has 0 radical (unpaired) electrons. The zero-order valence-electron chi connectivity index (χ0n) is 22.1. The van der Waals surface area contributed by atoms with E-state index in [2.05, 4.69) is 34.7 Å². The zero-order valence-corrected chi connectivity index (χ0v) is 23.6. The molecule has 2 aliphatic rings. The van der Waals surface area contributed by atoms with Gasteiger partial charge in [-0.25, -0.2) is 24.9 Å². The summed E-state index contributed by atoms with van der Waals surface area (Å²) in [4.78, 5) is 29.3. The highest BCUT2D eigenvalue weighted by molar-refractivity contribution is 6.31. The zero-order chi connectivity index (χ0) is 28.2. The Morgan fingerprint density at radius 1 is 0.756 bits per heavy atom. The van der Waals surface area contributed by atoms with Crippen LogP contribution in [0.5, 0.6) is 0 Å². The quantitative estimate of drug-likeness (QED) is 0.316. The fraction of sp³-hybridized carbons (Fsp3) is 0.296. The Morgan fingerprint density at radius 3 is 1.95 bits per heavy atom. The van der Waals surface area contributed by atoms with Gasteiger partial charge in [0.25, 0.3) is 0 Å².